The average molecular weight is 349 g/mol. The third-order valence-electron chi connectivity index (χ3n) is 4.76. The fraction of sp³-hybridized carbons (Fsp3) is 0.562. The minimum Gasteiger partial charge on any atom is -0.338 e. The molecule has 1 spiro atoms. The lowest BCUT2D eigenvalue weighted by Gasteiger charge is -2.32. The Morgan fingerprint density at radius 1 is 1.22 bits per heavy atom. The van der Waals surface area contributed by atoms with E-state index in [0.29, 0.717) is 13.1 Å². The molecule has 0 bridgehead atoms. The molecule has 2 heterocycles. The first-order chi connectivity index (χ1) is 10.4. The number of piperidine rings is 1. The average Bonchev–Trinajstić information content (AvgIpc) is 2.77. The predicted octanol–water partition coefficient (Wildman–Crippen LogP) is 3.23. The zero-order chi connectivity index (χ0) is 15.8. The molecule has 1 unspecified atom stereocenters. The van der Waals surface area contributed by atoms with Crippen molar-refractivity contribution in [2.75, 3.05) is 19.6 Å². The highest BCUT2D eigenvalue weighted by molar-refractivity contribution is 5.85. The molecule has 1 N–H and O–H groups in total. The third kappa shape index (κ3) is 3.48. The molecule has 2 aliphatic rings. The number of likely N-dealkylation sites (tertiary alicyclic amines) is 1. The van der Waals surface area contributed by atoms with Crippen molar-refractivity contribution in [2.24, 2.45) is 5.41 Å². The van der Waals surface area contributed by atoms with E-state index < -0.39 is 17.2 Å². The highest BCUT2D eigenvalue weighted by Gasteiger charge is 2.47. The van der Waals surface area contributed by atoms with Gasteiger partial charge in [0.25, 0.3) is 0 Å². The first kappa shape index (κ1) is 18.1. The standard InChI is InChI=1S/C16H19F3N2O.ClH/c17-16(18,19)13-5-2-1-4-12(13)10-21-9-7-15(14(21)22)6-3-8-20-11-15;/h1-2,4-5,20H,3,6-11H2;1H. The van der Waals surface area contributed by atoms with Gasteiger partial charge in [0, 0.05) is 19.6 Å². The molecule has 23 heavy (non-hydrogen) atoms. The fourth-order valence-electron chi connectivity index (χ4n) is 3.55. The van der Waals surface area contributed by atoms with Crippen LogP contribution in [0.2, 0.25) is 0 Å². The van der Waals surface area contributed by atoms with Crippen molar-refractivity contribution in [3.8, 4) is 0 Å². The molecule has 2 fully saturated rings. The number of benzene rings is 1. The molecule has 0 saturated carbocycles. The van der Waals surface area contributed by atoms with Crippen molar-refractivity contribution in [1.82, 2.24) is 10.2 Å². The molecular formula is C16H20ClF3N2O. The summed E-state index contributed by atoms with van der Waals surface area (Å²) in [5.41, 5.74) is -0.875. The van der Waals surface area contributed by atoms with Crippen molar-refractivity contribution in [3.63, 3.8) is 0 Å². The summed E-state index contributed by atoms with van der Waals surface area (Å²) in [6.07, 6.45) is -1.88. The molecule has 7 heteroatoms. The summed E-state index contributed by atoms with van der Waals surface area (Å²) >= 11 is 0. The van der Waals surface area contributed by atoms with E-state index in [1.165, 1.54) is 12.1 Å². The number of hydrogen-bond acceptors (Lipinski definition) is 2. The van der Waals surface area contributed by atoms with Crippen molar-refractivity contribution >= 4 is 18.3 Å². The molecule has 0 aliphatic carbocycles. The Morgan fingerprint density at radius 3 is 2.61 bits per heavy atom. The number of amides is 1. The summed E-state index contributed by atoms with van der Waals surface area (Å²) in [5, 5.41) is 3.24. The Labute approximate surface area is 139 Å². The van der Waals surface area contributed by atoms with Crippen LogP contribution >= 0.6 is 12.4 Å². The number of carbonyl (C=O) groups excluding carboxylic acids is 1. The van der Waals surface area contributed by atoms with Crippen molar-refractivity contribution < 1.29 is 18.0 Å². The minimum absolute atomic E-state index is 0. The Hall–Kier alpha value is -1.27. The molecule has 1 aromatic carbocycles. The van der Waals surface area contributed by atoms with E-state index in [1.54, 1.807) is 11.0 Å². The second-order valence-electron chi connectivity index (χ2n) is 6.19. The van der Waals surface area contributed by atoms with Crippen LogP contribution in [0.3, 0.4) is 0 Å². The van der Waals surface area contributed by atoms with Gasteiger partial charge in [-0.3, -0.25) is 4.79 Å². The maximum atomic E-state index is 13.1. The van der Waals surface area contributed by atoms with Gasteiger partial charge in [0.1, 0.15) is 0 Å². The van der Waals surface area contributed by atoms with Gasteiger partial charge >= 0.3 is 6.18 Å². The van der Waals surface area contributed by atoms with Gasteiger partial charge < -0.3 is 10.2 Å². The summed E-state index contributed by atoms with van der Waals surface area (Å²) in [5.74, 6) is -0.00308. The van der Waals surface area contributed by atoms with Crippen LogP contribution in [0.25, 0.3) is 0 Å². The largest absolute Gasteiger partial charge is 0.416 e. The lowest BCUT2D eigenvalue weighted by molar-refractivity contribution is -0.141. The van der Waals surface area contributed by atoms with Crippen LogP contribution in [0, 0.1) is 5.41 Å². The van der Waals surface area contributed by atoms with Gasteiger partial charge in [0.2, 0.25) is 5.91 Å². The fourth-order valence-corrected chi connectivity index (χ4v) is 3.55. The van der Waals surface area contributed by atoms with Crippen LogP contribution in [0.4, 0.5) is 13.2 Å². The molecule has 1 amide bonds. The van der Waals surface area contributed by atoms with Crippen molar-refractivity contribution in [3.05, 3.63) is 35.4 Å². The normalized spacial score (nSPS) is 24.8. The van der Waals surface area contributed by atoms with Crippen LogP contribution < -0.4 is 5.32 Å². The van der Waals surface area contributed by atoms with Crippen molar-refractivity contribution in [2.45, 2.75) is 32.0 Å². The lowest BCUT2D eigenvalue weighted by Crippen LogP contribution is -2.45. The molecule has 3 rings (SSSR count). The lowest BCUT2D eigenvalue weighted by atomic mass is 9.79. The summed E-state index contributed by atoms with van der Waals surface area (Å²) < 4.78 is 39.2. The van der Waals surface area contributed by atoms with Crippen LogP contribution in [-0.2, 0) is 17.5 Å². The predicted molar refractivity (Wildman–Crippen MR) is 83.3 cm³/mol. The first-order valence-corrected chi connectivity index (χ1v) is 7.58. The van der Waals surface area contributed by atoms with E-state index in [0.717, 1.165) is 31.9 Å². The van der Waals surface area contributed by atoms with Gasteiger partial charge in [0.05, 0.1) is 11.0 Å². The van der Waals surface area contributed by atoms with E-state index in [2.05, 4.69) is 5.32 Å². The van der Waals surface area contributed by atoms with Crippen molar-refractivity contribution in [1.29, 1.82) is 0 Å². The maximum absolute atomic E-state index is 13.1. The Balaban J connectivity index is 0.00000192. The van der Waals surface area contributed by atoms with E-state index in [1.807, 2.05) is 0 Å². The Morgan fingerprint density at radius 2 is 1.96 bits per heavy atom. The van der Waals surface area contributed by atoms with Crippen LogP contribution in [0.5, 0.6) is 0 Å². The van der Waals surface area contributed by atoms with Gasteiger partial charge in [-0.15, -0.1) is 12.4 Å². The topological polar surface area (TPSA) is 32.3 Å². The van der Waals surface area contributed by atoms with Gasteiger partial charge in [-0.1, -0.05) is 18.2 Å². The molecule has 128 valence electrons. The summed E-state index contributed by atoms with van der Waals surface area (Å²) in [4.78, 5) is 14.2. The smallest absolute Gasteiger partial charge is 0.338 e. The molecule has 0 radical (unpaired) electrons. The van der Waals surface area contributed by atoms with Gasteiger partial charge in [0.15, 0.2) is 0 Å². The number of rotatable bonds is 2. The molecule has 1 atom stereocenters. The van der Waals surface area contributed by atoms with E-state index in [4.69, 9.17) is 0 Å². The second kappa shape index (κ2) is 6.69. The molecule has 0 aromatic heterocycles. The highest BCUT2D eigenvalue weighted by atomic mass is 35.5. The number of carbonyl (C=O) groups is 1. The van der Waals surface area contributed by atoms with E-state index >= 15 is 0 Å². The quantitative estimate of drug-likeness (QED) is 0.890. The molecular weight excluding hydrogens is 329 g/mol. The zero-order valence-corrected chi connectivity index (χ0v) is 13.5. The Bertz CT molecular complexity index is 571. The minimum atomic E-state index is -4.39. The summed E-state index contributed by atoms with van der Waals surface area (Å²) in [7, 11) is 0. The van der Waals surface area contributed by atoms with E-state index in [9.17, 15) is 18.0 Å². The first-order valence-electron chi connectivity index (χ1n) is 7.58. The van der Waals surface area contributed by atoms with Gasteiger partial charge in [-0.05, 0) is 37.4 Å². The second-order valence-corrected chi connectivity index (χ2v) is 6.19. The van der Waals surface area contributed by atoms with Crippen LogP contribution in [-0.4, -0.2) is 30.4 Å². The summed E-state index contributed by atoms with van der Waals surface area (Å²) in [6.45, 7) is 2.12. The van der Waals surface area contributed by atoms with Gasteiger partial charge in [-0.2, -0.15) is 13.2 Å². The number of nitrogens with zero attached hydrogens (tertiary/aromatic N) is 1. The number of hydrogen-bond donors (Lipinski definition) is 1. The van der Waals surface area contributed by atoms with E-state index in [-0.39, 0.29) is 30.4 Å². The number of alkyl halides is 3. The summed E-state index contributed by atoms with van der Waals surface area (Å²) in [6, 6.07) is 5.50. The third-order valence-corrected chi connectivity index (χ3v) is 4.76. The number of halogens is 4. The monoisotopic (exact) mass is 348 g/mol. The SMILES string of the molecule is Cl.O=C1N(Cc2ccccc2C(F)(F)F)CCC12CCCNC2. The molecule has 2 aliphatic heterocycles. The molecule has 3 nitrogen and oxygen atoms in total. The molecule has 1 aromatic rings. The molecule has 2 saturated heterocycles. The number of nitrogens with one attached hydrogen (secondary N) is 1. The Kier molecular flexibility index (Phi) is 5.26. The van der Waals surface area contributed by atoms with Gasteiger partial charge in [-0.25, -0.2) is 0 Å². The highest BCUT2D eigenvalue weighted by Crippen LogP contribution is 2.39. The maximum Gasteiger partial charge on any atom is 0.416 e. The van der Waals surface area contributed by atoms with Crippen LogP contribution in [0.1, 0.15) is 30.4 Å². The van der Waals surface area contributed by atoms with Crippen LogP contribution in [0.15, 0.2) is 24.3 Å². The zero-order valence-electron chi connectivity index (χ0n) is 12.7.